The molecule has 98 valence electrons. The van der Waals surface area contributed by atoms with E-state index >= 15 is 0 Å². The lowest BCUT2D eigenvalue weighted by Gasteiger charge is -2.08. The number of benzene rings is 1. The van der Waals surface area contributed by atoms with Gasteiger partial charge in [-0.25, -0.2) is 4.98 Å². The molecule has 1 N–H and O–H groups in total. The molecule has 2 aromatic rings. The van der Waals surface area contributed by atoms with Crippen molar-refractivity contribution in [3.05, 3.63) is 55.7 Å². The fraction of sp³-hybridized carbons (Fsp3) is 0.0769. The predicted molar refractivity (Wildman–Crippen MR) is 83.8 cm³/mol. The minimum atomic E-state index is -0.240. The van der Waals surface area contributed by atoms with Gasteiger partial charge in [-0.2, -0.15) is 0 Å². The smallest absolute Gasteiger partial charge is 0.255 e. The van der Waals surface area contributed by atoms with Crippen LogP contribution in [0.2, 0.25) is 5.15 Å². The van der Waals surface area contributed by atoms with Gasteiger partial charge in [0.05, 0.1) is 5.69 Å². The second kappa shape index (κ2) is 6.03. The summed E-state index contributed by atoms with van der Waals surface area (Å²) in [7, 11) is 0. The Hall–Kier alpha value is -0.910. The van der Waals surface area contributed by atoms with Gasteiger partial charge in [-0.15, -0.1) is 0 Å². The van der Waals surface area contributed by atoms with Gasteiger partial charge in [-0.05, 0) is 36.8 Å². The highest BCUT2D eigenvalue weighted by Gasteiger charge is 2.10. The number of carbonyl (C=O) groups is 1. The van der Waals surface area contributed by atoms with Crippen LogP contribution in [0.4, 0.5) is 5.69 Å². The molecular weight excluding hydrogens is 395 g/mol. The first-order valence-corrected chi connectivity index (χ1v) is 7.31. The number of rotatable bonds is 2. The number of nitrogens with zero attached hydrogens (tertiary/aromatic N) is 1. The normalized spacial score (nSPS) is 10.3. The van der Waals surface area contributed by atoms with Crippen molar-refractivity contribution < 1.29 is 4.79 Å². The Morgan fingerprint density at radius 3 is 2.47 bits per heavy atom. The molecule has 1 amide bonds. The summed E-state index contributed by atoms with van der Waals surface area (Å²) in [6.07, 6.45) is 1.65. The standard InChI is InChI=1S/C13H9Br2ClN2O/c1-7-2-11(12(16)17-6-7)18-13(19)8-3-9(14)5-10(15)4-8/h2-6H,1H3,(H,18,19). The van der Waals surface area contributed by atoms with Crippen LogP contribution in [-0.2, 0) is 0 Å². The summed E-state index contributed by atoms with van der Waals surface area (Å²) >= 11 is 12.6. The molecule has 0 atom stereocenters. The summed E-state index contributed by atoms with van der Waals surface area (Å²) in [4.78, 5) is 16.1. The Kier molecular flexibility index (Phi) is 4.60. The molecule has 6 heteroatoms. The fourth-order valence-electron chi connectivity index (χ4n) is 1.52. The first kappa shape index (κ1) is 14.5. The zero-order valence-electron chi connectivity index (χ0n) is 9.88. The predicted octanol–water partition coefficient (Wildman–Crippen LogP) is 4.82. The topological polar surface area (TPSA) is 42.0 Å². The number of halogens is 3. The maximum Gasteiger partial charge on any atom is 0.255 e. The first-order valence-electron chi connectivity index (χ1n) is 5.35. The lowest BCUT2D eigenvalue weighted by atomic mass is 10.2. The third-order valence-corrected chi connectivity index (χ3v) is 3.57. The zero-order chi connectivity index (χ0) is 14.0. The third-order valence-electron chi connectivity index (χ3n) is 2.35. The molecular formula is C13H9Br2ClN2O. The number of hydrogen-bond acceptors (Lipinski definition) is 2. The summed E-state index contributed by atoms with van der Waals surface area (Å²) in [6, 6.07) is 7.10. The summed E-state index contributed by atoms with van der Waals surface area (Å²) in [5.74, 6) is -0.240. The number of hydrogen-bond donors (Lipinski definition) is 1. The van der Waals surface area contributed by atoms with Gasteiger partial charge in [-0.1, -0.05) is 43.5 Å². The van der Waals surface area contributed by atoms with E-state index in [4.69, 9.17) is 11.6 Å². The second-order valence-electron chi connectivity index (χ2n) is 3.96. The van der Waals surface area contributed by atoms with Crippen LogP contribution < -0.4 is 5.32 Å². The number of anilines is 1. The Balaban J connectivity index is 2.28. The van der Waals surface area contributed by atoms with Crippen LogP contribution in [0.3, 0.4) is 0 Å². The number of aryl methyl sites for hydroxylation is 1. The van der Waals surface area contributed by atoms with Gasteiger partial charge in [0, 0.05) is 20.7 Å². The second-order valence-corrected chi connectivity index (χ2v) is 6.15. The van der Waals surface area contributed by atoms with E-state index in [1.165, 1.54) is 0 Å². The Bertz CT molecular complexity index is 626. The summed E-state index contributed by atoms with van der Waals surface area (Å²) in [5.41, 5.74) is 1.96. The van der Waals surface area contributed by atoms with E-state index in [9.17, 15) is 4.79 Å². The summed E-state index contributed by atoms with van der Waals surface area (Å²) in [6.45, 7) is 1.88. The molecule has 2 rings (SSSR count). The highest BCUT2D eigenvalue weighted by Crippen LogP contribution is 2.23. The maximum atomic E-state index is 12.1. The Morgan fingerprint density at radius 2 is 1.84 bits per heavy atom. The minimum Gasteiger partial charge on any atom is -0.319 e. The van der Waals surface area contributed by atoms with Crippen molar-refractivity contribution in [1.29, 1.82) is 0 Å². The van der Waals surface area contributed by atoms with Crippen molar-refractivity contribution in [2.45, 2.75) is 6.92 Å². The number of amides is 1. The third kappa shape index (κ3) is 3.78. The molecule has 0 aliphatic heterocycles. The molecule has 0 saturated heterocycles. The van der Waals surface area contributed by atoms with E-state index in [-0.39, 0.29) is 11.1 Å². The van der Waals surface area contributed by atoms with E-state index in [1.807, 2.05) is 13.0 Å². The van der Waals surface area contributed by atoms with Crippen molar-refractivity contribution in [3.63, 3.8) is 0 Å². The molecule has 0 bridgehead atoms. The van der Waals surface area contributed by atoms with Gasteiger partial charge in [-0.3, -0.25) is 4.79 Å². The average molecular weight is 404 g/mol. The van der Waals surface area contributed by atoms with E-state index in [2.05, 4.69) is 42.2 Å². The number of aromatic nitrogens is 1. The van der Waals surface area contributed by atoms with Crippen molar-refractivity contribution in [1.82, 2.24) is 4.98 Å². The molecule has 1 aromatic heterocycles. The van der Waals surface area contributed by atoms with E-state index in [0.29, 0.717) is 11.3 Å². The van der Waals surface area contributed by atoms with Gasteiger partial charge in [0.15, 0.2) is 5.15 Å². The number of nitrogens with one attached hydrogen (secondary N) is 1. The van der Waals surface area contributed by atoms with Crippen LogP contribution in [0, 0.1) is 6.92 Å². The molecule has 0 aliphatic rings. The summed E-state index contributed by atoms with van der Waals surface area (Å²) in [5, 5.41) is 3.02. The van der Waals surface area contributed by atoms with Crippen LogP contribution >= 0.6 is 43.5 Å². The molecule has 0 saturated carbocycles. The number of carbonyl (C=O) groups excluding carboxylic acids is 1. The molecule has 3 nitrogen and oxygen atoms in total. The maximum absolute atomic E-state index is 12.1. The van der Waals surface area contributed by atoms with E-state index < -0.39 is 0 Å². The molecule has 1 heterocycles. The largest absolute Gasteiger partial charge is 0.319 e. The average Bonchev–Trinajstić information content (AvgIpc) is 2.32. The first-order chi connectivity index (χ1) is 8.95. The zero-order valence-corrected chi connectivity index (χ0v) is 13.8. The quantitative estimate of drug-likeness (QED) is 0.729. The lowest BCUT2D eigenvalue weighted by molar-refractivity contribution is 0.102. The van der Waals surface area contributed by atoms with Crippen molar-refractivity contribution in [2.24, 2.45) is 0 Å². The molecule has 0 unspecified atom stereocenters. The van der Waals surface area contributed by atoms with Gasteiger partial charge in [0.25, 0.3) is 5.91 Å². The van der Waals surface area contributed by atoms with Gasteiger partial charge < -0.3 is 5.32 Å². The molecule has 0 fully saturated rings. The van der Waals surface area contributed by atoms with Crippen LogP contribution in [0.1, 0.15) is 15.9 Å². The van der Waals surface area contributed by atoms with Gasteiger partial charge in [0.2, 0.25) is 0 Å². The van der Waals surface area contributed by atoms with Crippen molar-refractivity contribution in [3.8, 4) is 0 Å². The van der Waals surface area contributed by atoms with Crippen LogP contribution in [0.15, 0.2) is 39.4 Å². The molecule has 0 spiro atoms. The highest BCUT2D eigenvalue weighted by atomic mass is 79.9. The SMILES string of the molecule is Cc1cnc(Cl)c(NC(=O)c2cc(Br)cc(Br)c2)c1. The Morgan fingerprint density at radius 1 is 1.21 bits per heavy atom. The monoisotopic (exact) mass is 402 g/mol. The molecule has 0 radical (unpaired) electrons. The fourth-order valence-corrected chi connectivity index (χ4v) is 2.96. The minimum absolute atomic E-state index is 0.240. The molecule has 19 heavy (non-hydrogen) atoms. The van der Waals surface area contributed by atoms with Crippen molar-refractivity contribution >= 4 is 55.1 Å². The van der Waals surface area contributed by atoms with Gasteiger partial charge in [0.1, 0.15) is 0 Å². The summed E-state index contributed by atoms with van der Waals surface area (Å²) < 4.78 is 1.64. The van der Waals surface area contributed by atoms with Gasteiger partial charge >= 0.3 is 0 Å². The van der Waals surface area contributed by atoms with Crippen LogP contribution in [0.5, 0.6) is 0 Å². The molecule has 1 aromatic carbocycles. The van der Waals surface area contributed by atoms with E-state index in [1.54, 1.807) is 24.4 Å². The number of pyridine rings is 1. The van der Waals surface area contributed by atoms with E-state index in [0.717, 1.165) is 14.5 Å². The van der Waals surface area contributed by atoms with Crippen LogP contribution in [0.25, 0.3) is 0 Å². The molecule has 0 aliphatic carbocycles. The highest BCUT2D eigenvalue weighted by molar-refractivity contribution is 9.11. The lowest BCUT2D eigenvalue weighted by Crippen LogP contribution is -2.12. The van der Waals surface area contributed by atoms with Crippen molar-refractivity contribution in [2.75, 3.05) is 5.32 Å². The van der Waals surface area contributed by atoms with Crippen LogP contribution in [-0.4, -0.2) is 10.9 Å². The Labute approximate surface area is 132 Å².